The average molecular weight is 392 g/mol. The van der Waals surface area contributed by atoms with Crippen molar-refractivity contribution in [2.24, 2.45) is 0 Å². The first-order chi connectivity index (χ1) is 12.9. The molecule has 0 saturated carbocycles. The summed E-state index contributed by atoms with van der Waals surface area (Å²) in [6.07, 6.45) is 0. The summed E-state index contributed by atoms with van der Waals surface area (Å²) in [6.45, 7) is 2.01. The molecule has 0 radical (unpaired) electrons. The van der Waals surface area contributed by atoms with E-state index >= 15 is 0 Å². The Morgan fingerprint density at radius 3 is 2.52 bits per heavy atom. The fourth-order valence-electron chi connectivity index (χ4n) is 2.28. The van der Waals surface area contributed by atoms with Crippen LogP contribution in [-0.4, -0.2) is 30.0 Å². The zero-order valence-electron chi connectivity index (χ0n) is 14.5. The first-order valence-corrected chi connectivity index (χ1v) is 8.49. The third-order valence-corrected chi connectivity index (χ3v) is 3.89. The van der Waals surface area contributed by atoms with E-state index in [2.05, 4.69) is 10.6 Å². The first-order valence-electron chi connectivity index (χ1n) is 8.12. The lowest BCUT2D eigenvalue weighted by Crippen LogP contribution is -2.25. The highest BCUT2D eigenvalue weighted by atomic mass is 35.5. The number of anilines is 1. The molecule has 142 valence electrons. The number of amides is 1. The highest BCUT2D eigenvalue weighted by Crippen LogP contribution is 2.26. The van der Waals surface area contributed by atoms with Crippen LogP contribution in [0.4, 0.5) is 11.4 Å². The van der Waals surface area contributed by atoms with Crippen molar-refractivity contribution in [3.63, 3.8) is 0 Å². The van der Waals surface area contributed by atoms with E-state index in [9.17, 15) is 19.7 Å². The van der Waals surface area contributed by atoms with Crippen LogP contribution in [-0.2, 0) is 16.1 Å². The van der Waals surface area contributed by atoms with E-state index in [1.807, 2.05) is 0 Å². The van der Waals surface area contributed by atoms with Crippen molar-refractivity contribution in [2.45, 2.75) is 13.5 Å². The Hall–Kier alpha value is -3.13. The number of carbonyl (C=O) groups is 2. The minimum atomic E-state index is -0.490. The summed E-state index contributed by atoms with van der Waals surface area (Å²) in [5.41, 5.74) is 1.28. The van der Waals surface area contributed by atoms with Crippen molar-refractivity contribution >= 4 is 34.9 Å². The number of rotatable bonds is 8. The Balaban J connectivity index is 2.05. The molecular formula is C18H18ClN3O5. The van der Waals surface area contributed by atoms with Gasteiger partial charge in [-0.25, -0.2) is 0 Å². The molecule has 0 heterocycles. The lowest BCUT2D eigenvalue weighted by atomic mass is 10.1. The minimum absolute atomic E-state index is 0.0228. The molecule has 0 aliphatic carbocycles. The van der Waals surface area contributed by atoms with Crippen molar-refractivity contribution in [1.82, 2.24) is 5.32 Å². The second kappa shape index (κ2) is 9.54. The van der Waals surface area contributed by atoms with Crippen LogP contribution in [0, 0.1) is 10.1 Å². The molecule has 0 spiro atoms. The van der Waals surface area contributed by atoms with Gasteiger partial charge in [0.25, 0.3) is 11.6 Å². The van der Waals surface area contributed by atoms with E-state index in [0.717, 1.165) is 0 Å². The molecule has 2 N–H and O–H groups in total. The Kier molecular flexibility index (Phi) is 7.13. The summed E-state index contributed by atoms with van der Waals surface area (Å²) in [5.74, 6) is -0.864. The Labute approximate surface area is 160 Å². The maximum absolute atomic E-state index is 12.5. The molecule has 2 aromatic rings. The fraction of sp³-hybridized carbons (Fsp3) is 0.222. The standard InChI is InChI=1S/C18H18ClN3O5/c1-2-27-16(23)11-20-17-14(4-3-5-15(17)19)18(24)21-10-12-6-8-13(9-7-12)22(25)26/h3-9,20H,2,10-11H2,1H3,(H,21,24). The van der Waals surface area contributed by atoms with Crippen LogP contribution < -0.4 is 10.6 Å². The Morgan fingerprint density at radius 1 is 1.19 bits per heavy atom. The van der Waals surface area contributed by atoms with Crippen molar-refractivity contribution in [1.29, 1.82) is 0 Å². The van der Waals surface area contributed by atoms with Gasteiger partial charge < -0.3 is 15.4 Å². The van der Waals surface area contributed by atoms with E-state index in [1.54, 1.807) is 37.3 Å². The van der Waals surface area contributed by atoms with Gasteiger partial charge in [-0.2, -0.15) is 0 Å². The third-order valence-electron chi connectivity index (χ3n) is 3.57. The number of ether oxygens (including phenoxy) is 1. The molecule has 0 unspecified atom stereocenters. The monoisotopic (exact) mass is 391 g/mol. The molecular weight excluding hydrogens is 374 g/mol. The summed E-state index contributed by atoms with van der Waals surface area (Å²) in [5, 5.41) is 16.5. The normalized spacial score (nSPS) is 10.1. The molecule has 0 saturated heterocycles. The zero-order chi connectivity index (χ0) is 19.8. The number of non-ortho nitro benzene ring substituents is 1. The quantitative estimate of drug-likeness (QED) is 0.406. The van der Waals surface area contributed by atoms with Crippen molar-refractivity contribution in [3.05, 3.63) is 68.7 Å². The van der Waals surface area contributed by atoms with Gasteiger partial charge in [0.2, 0.25) is 0 Å². The number of carbonyl (C=O) groups excluding carboxylic acids is 2. The molecule has 0 aliphatic heterocycles. The third kappa shape index (κ3) is 5.68. The molecule has 0 atom stereocenters. The number of hydrogen-bond donors (Lipinski definition) is 2. The van der Waals surface area contributed by atoms with Crippen molar-refractivity contribution in [2.75, 3.05) is 18.5 Å². The number of nitrogens with one attached hydrogen (secondary N) is 2. The lowest BCUT2D eigenvalue weighted by molar-refractivity contribution is -0.384. The van der Waals surface area contributed by atoms with Gasteiger partial charge in [0.05, 0.1) is 27.8 Å². The zero-order valence-corrected chi connectivity index (χ0v) is 15.3. The number of hydrogen-bond acceptors (Lipinski definition) is 6. The van der Waals surface area contributed by atoms with E-state index < -0.39 is 16.8 Å². The number of nitrogens with zero attached hydrogens (tertiary/aromatic N) is 1. The van der Waals surface area contributed by atoms with Gasteiger partial charge >= 0.3 is 5.97 Å². The largest absolute Gasteiger partial charge is 0.465 e. The van der Waals surface area contributed by atoms with Gasteiger partial charge in [-0.05, 0) is 24.6 Å². The Bertz CT molecular complexity index is 839. The van der Waals surface area contributed by atoms with Gasteiger partial charge in [-0.3, -0.25) is 19.7 Å². The highest BCUT2D eigenvalue weighted by molar-refractivity contribution is 6.34. The van der Waals surface area contributed by atoms with Crippen LogP contribution in [0.1, 0.15) is 22.8 Å². The van der Waals surface area contributed by atoms with Crippen LogP contribution in [0.5, 0.6) is 0 Å². The van der Waals surface area contributed by atoms with Crippen molar-refractivity contribution in [3.8, 4) is 0 Å². The van der Waals surface area contributed by atoms with Crippen LogP contribution >= 0.6 is 11.6 Å². The number of halogens is 1. The van der Waals surface area contributed by atoms with Gasteiger partial charge in [-0.1, -0.05) is 29.8 Å². The summed E-state index contributed by atoms with van der Waals surface area (Å²) in [6, 6.07) is 10.7. The first kappa shape index (κ1) is 20.2. The SMILES string of the molecule is CCOC(=O)CNc1c(Cl)cccc1C(=O)NCc1ccc([N+](=O)[O-])cc1. The van der Waals surface area contributed by atoms with E-state index in [0.29, 0.717) is 16.3 Å². The maximum atomic E-state index is 12.5. The van der Waals surface area contributed by atoms with Gasteiger partial charge in [-0.15, -0.1) is 0 Å². The Morgan fingerprint density at radius 2 is 1.89 bits per heavy atom. The predicted octanol–water partition coefficient (Wildman–Crippen LogP) is 3.15. The summed E-state index contributed by atoms with van der Waals surface area (Å²) in [4.78, 5) is 34.2. The maximum Gasteiger partial charge on any atom is 0.325 e. The number of para-hydroxylation sites is 1. The van der Waals surface area contributed by atoms with Gasteiger partial charge in [0.15, 0.2) is 0 Å². The summed E-state index contributed by atoms with van der Waals surface area (Å²) in [7, 11) is 0. The topological polar surface area (TPSA) is 111 Å². The molecule has 0 fully saturated rings. The molecule has 8 nitrogen and oxygen atoms in total. The lowest BCUT2D eigenvalue weighted by Gasteiger charge is -2.13. The summed E-state index contributed by atoms with van der Waals surface area (Å²) < 4.78 is 4.84. The molecule has 27 heavy (non-hydrogen) atoms. The molecule has 2 aromatic carbocycles. The number of benzene rings is 2. The average Bonchev–Trinajstić information content (AvgIpc) is 2.65. The number of nitro groups is 1. The smallest absolute Gasteiger partial charge is 0.325 e. The van der Waals surface area contributed by atoms with E-state index in [-0.39, 0.29) is 30.9 Å². The molecule has 0 aromatic heterocycles. The van der Waals surface area contributed by atoms with Crippen LogP contribution in [0.2, 0.25) is 5.02 Å². The second-order valence-electron chi connectivity index (χ2n) is 5.43. The second-order valence-corrected chi connectivity index (χ2v) is 5.83. The predicted molar refractivity (Wildman–Crippen MR) is 101 cm³/mol. The fourth-order valence-corrected chi connectivity index (χ4v) is 2.52. The van der Waals surface area contributed by atoms with E-state index in [1.165, 1.54) is 12.1 Å². The van der Waals surface area contributed by atoms with Gasteiger partial charge in [0, 0.05) is 18.7 Å². The number of nitro benzene ring substituents is 1. The number of esters is 1. The van der Waals surface area contributed by atoms with Crippen LogP contribution in [0.25, 0.3) is 0 Å². The molecule has 0 bridgehead atoms. The van der Waals surface area contributed by atoms with Gasteiger partial charge in [0.1, 0.15) is 6.54 Å². The summed E-state index contributed by atoms with van der Waals surface area (Å²) >= 11 is 6.14. The van der Waals surface area contributed by atoms with Crippen molar-refractivity contribution < 1.29 is 19.2 Å². The van der Waals surface area contributed by atoms with Crippen LogP contribution in [0.15, 0.2) is 42.5 Å². The minimum Gasteiger partial charge on any atom is -0.465 e. The molecule has 0 aliphatic rings. The molecule has 2 rings (SSSR count). The van der Waals surface area contributed by atoms with E-state index in [4.69, 9.17) is 16.3 Å². The van der Waals surface area contributed by atoms with Crippen LogP contribution in [0.3, 0.4) is 0 Å². The molecule has 1 amide bonds. The highest BCUT2D eigenvalue weighted by Gasteiger charge is 2.15. The molecule has 9 heteroatoms.